The Bertz CT molecular complexity index is 199. The smallest absolute Gasteiger partial charge is 0.000985 e. The second kappa shape index (κ2) is 6.02. The summed E-state index contributed by atoms with van der Waals surface area (Å²) < 4.78 is 0. The van der Waals surface area contributed by atoms with Crippen molar-refractivity contribution < 1.29 is 0 Å². The zero-order chi connectivity index (χ0) is 11.4. The second-order valence-corrected chi connectivity index (χ2v) is 6.06. The molecule has 2 saturated carbocycles. The Labute approximate surface area is 101 Å². The van der Waals surface area contributed by atoms with Crippen molar-refractivity contribution in [2.45, 2.75) is 44.9 Å². The van der Waals surface area contributed by atoms with Gasteiger partial charge < -0.3 is 10.6 Å². The first kappa shape index (κ1) is 12.4. The molecule has 2 aliphatic rings. The SMILES string of the molecule is CN(CC1CCCC1)CC1CCCC1CN. The van der Waals surface area contributed by atoms with Crippen molar-refractivity contribution in [3.8, 4) is 0 Å². The molecule has 0 saturated heterocycles. The number of nitrogens with zero attached hydrogens (tertiary/aromatic N) is 1. The van der Waals surface area contributed by atoms with Crippen molar-refractivity contribution in [3.05, 3.63) is 0 Å². The van der Waals surface area contributed by atoms with Crippen molar-refractivity contribution >= 4 is 0 Å². The maximum atomic E-state index is 5.85. The maximum absolute atomic E-state index is 5.85. The van der Waals surface area contributed by atoms with Crippen LogP contribution in [-0.2, 0) is 0 Å². The van der Waals surface area contributed by atoms with E-state index in [1.165, 1.54) is 58.0 Å². The summed E-state index contributed by atoms with van der Waals surface area (Å²) >= 11 is 0. The first-order valence-corrected chi connectivity index (χ1v) is 7.18. The molecule has 0 heterocycles. The van der Waals surface area contributed by atoms with Gasteiger partial charge >= 0.3 is 0 Å². The molecule has 2 atom stereocenters. The van der Waals surface area contributed by atoms with E-state index in [2.05, 4.69) is 11.9 Å². The van der Waals surface area contributed by atoms with Crippen molar-refractivity contribution in [1.82, 2.24) is 4.90 Å². The Balaban J connectivity index is 1.71. The minimum Gasteiger partial charge on any atom is -0.330 e. The summed E-state index contributed by atoms with van der Waals surface area (Å²) in [5.74, 6) is 2.69. The molecular formula is C14H28N2. The molecule has 0 bridgehead atoms. The fourth-order valence-electron chi connectivity index (χ4n) is 3.77. The van der Waals surface area contributed by atoms with Gasteiger partial charge in [0.05, 0.1) is 0 Å². The highest BCUT2D eigenvalue weighted by Crippen LogP contribution is 2.32. The van der Waals surface area contributed by atoms with E-state index in [0.717, 1.165) is 24.3 Å². The van der Waals surface area contributed by atoms with E-state index in [4.69, 9.17) is 5.73 Å². The highest BCUT2D eigenvalue weighted by molar-refractivity contribution is 4.81. The van der Waals surface area contributed by atoms with Gasteiger partial charge in [-0.2, -0.15) is 0 Å². The Hall–Kier alpha value is -0.0800. The van der Waals surface area contributed by atoms with E-state index in [0.29, 0.717) is 0 Å². The van der Waals surface area contributed by atoms with E-state index in [9.17, 15) is 0 Å². The third kappa shape index (κ3) is 3.21. The van der Waals surface area contributed by atoms with Crippen molar-refractivity contribution in [1.29, 1.82) is 0 Å². The molecule has 0 aliphatic heterocycles. The molecule has 2 heteroatoms. The van der Waals surface area contributed by atoms with Gasteiger partial charge in [0.25, 0.3) is 0 Å². The van der Waals surface area contributed by atoms with Crippen LogP contribution in [0, 0.1) is 17.8 Å². The molecule has 2 aliphatic carbocycles. The fraction of sp³-hybridized carbons (Fsp3) is 1.00. The molecular weight excluding hydrogens is 196 g/mol. The van der Waals surface area contributed by atoms with Gasteiger partial charge in [-0.05, 0) is 57.0 Å². The predicted molar refractivity (Wildman–Crippen MR) is 69.3 cm³/mol. The third-order valence-corrected chi connectivity index (χ3v) is 4.71. The first-order chi connectivity index (χ1) is 7.79. The van der Waals surface area contributed by atoms with Crippen LogP contribution in [0.2, 0.25) is 0 Å². The number of nitrogens with two attached hydrogens (primary N) is 1. The zero-order valence-electron chi connectivity index (χ0n) is 10.8. The highest BCUT2D eigenvalue weighted by atomic mass is 15.1. The quantitative estimate of drug-likeness (QED) is 0.777. The van der Waals surface area contributed by atoms with Crippen LogP contribution < -0.4 is 5.73 Å². The zero-order valence-corrected chi connectivity index (χ0v) is 10.8. The minimum absolute atomic E-state index is 0.811. The molecule has 2 N–H and O–H groups in total. The molecule has 0 aromatic carbocycles. The summed E-state index contributed by atoms with van der Waals surface area (Å²) in [6.45, 7) is 3.52. The van der Waals surface area contributed by atoms with Crippen LogP contribution in [0.15, 0.2) is 0 Å². The predicted octanol–water partition coefficient (Wildman–Crippen LogP) is 2.48. The van der Waals surface area contributed by atoms with Gasteiger partial charge in [0.15, 0.2) is 0 Å². The van der Waals surface area contributed by atoms with Crippen LogP contribution in [0.1, 0.15) is 44.9 Å². The van der Waals surface area contributed by atoms with Crippen molar-refractivity contribution in [2.75, 3.05) is 26.7 Å². The number of hydrogen-bond donors (Lipinski definition) is 1. The van der Waals surface area contributed by atoms with Crippen LogP contribution in [-0.4, -0.2) is 31.6 Å². The summed E-state index contributed by atoms with van der Waals surface area (Å²) in [5, 5.41) is 0. The lowest BCUT2D eigenvalue weighted by Crippen LogP contribution is -2.33. The van der Waals surface area contributed by atoms with Gasteiger partial charge in [0.2, 0.25) is 0 Å². The molecule has 0 radical (unpaired) electrons. The van der Waals surface area contributed by atoms with E-state index < -0.39 is 0 Å². The summed E-state index contributed by atoms with van der Waals surface area (Å²) in [6.07, 6.45) is 10.1. The molecule has 94 valence electrons. The van der Waals surface area contributed by atoms with E-state index in [-0.39, 0.29) is 0 Å². The van der Waals surface area contributed by atoms with Gasteiger partial charge in [-0.3, -0.25) is 0 Å². The summed E-state index contributed by atoms with van der Waals surface area (Å²) in [5.41, 5.74) is 5.85. The molecule has 2 unspecified atom stereocenters. The normalized spacial score (nSPS) is 31.7. The van der Waals surface area contributed by atoms with Gasteiger partial charge in [-0.15, -0.1) is 0 Å². The monoisotopic (exact) mass is 224 g/mol. The van der Waals surface area contributed by atoms with Gasteiger partial charge in [0, 0.05) is 13.1 Å². The Morgan fingerprint density at radius 2 is 1.62 bits per heavy atom. The topological polar surface area (TPSA) is 29.3 Å². The molecule has 16 heavy (non-hydrogen) atoms. The molecule has 0 aromatic rings. The molecule has 2 rings (SSSR count). The van der Waals surface area contributed by atoms with Crippen LogP contribution in [0.3, 0.4) is 0 Å². The van der Waals surface area contributed by atoms with Gasteiger partial charge in [-0.25, -0.2) is 0 Å². The second-order valence-electron chi connectivity index (χ2n) is 6.06. The standard InChI is InChI=1S/C14H28N2/c1-16(10-12-5-2-3-6-12)11-14-8-4-7-13(14)9-15/h12-14H,2-11,15H2,1H3. The van der Waals surface area contributed by atoms with Gasteiger partial charge in [0.1, 0.15) is 0 Å². The third-order valence-electron chi connectivity index (χ3n) is 4.71. The number of hydrogen-bond acceptors (Lipinski definition) is 2. The fourth-order valence-corrected chi connectivity index (χ4v) is 3.77. The molecule has 2 fully saturated rings. The lowest BCUT2D eigenvalue weighted by molar-refractivity contribution is 0.215. The first-order valence-electron chi connectivity index (χ1n) is 7.18. The van der Waals surface area contributed by atoms with Crippen LogP contribution in [0.25, 0.3) is 0 Å². The van der Waals surface area contributed by atoms with Crippen LogP contribution >= 0.6 is 0 Å². The Morgan fingerprint density at radius 3 is 2.31 bits per heavy atom. The van der Waals surface area contributed by atoms with Crippen molar-refractivity contribution in [3.63, 3.8) is 0 Å². The molecule has 0 spiro atoms. The van der Waals surface area contributed by atoms with E-state index in [1.807, 2.05) is 0 Å². The van der Waals surface area contributed by atoms with Crippen LogP contribution in [0.4, 0.5) is 0 Å². The largest absolute Gasteiger partial charge is 0.330 e. The average Bonchev–Trinajstić information content (AvgIpc) is 2.88. The highest BCUT2D eigenvalue weighted by Gasteiger charge is 2.27. The molecule has 0 amide bonds. The average molecular weight is 224 g/mol. The Morgan fingerprint density at radius 1 is 0.938 bits per heavy atom. The maximum Gasteiger partial charge on any atom is 0.000985 e. The summed E-state index contributed by atoms with van der Waals surface area (Å²) in [7, 11) is 2.31. The Kier molecular flexibility index (Phi) is 4.66. The molecule has 2 nitrogen and oxygen atoms in total. The minimum atomic E-state index is 0.811. The van der Waals surface area contributed by atoms with Gasteiger partial charge in [-0.1, -0.05) is 19.3 Å². The summed E-state index contributed by atoms with van der Waals surface area (Å²) in [4.78, 5) is 2.58. The van der Waals surface area contributed by atoms with Crippen LogP contribution in [0.5, 0.6) is 0 Å². The lowest BCUT2D eigenvalue weighted by atomic mass is 9.95. The van der Waals surface area contributed by atoms with E-state index >= 15 is 0 Å². The van der Waals surface area contributed by atoms with E-state index in [1.54, 1.807) is 0 Å². The lowest BCUT2D eigenvalue weighted by Gasteiger charge is -2.26. The molecule has 0 aromatic heterocycles. The number of rotatable bonds is 5. The summed E-state index contributed by atoms with van der Waals surface area (Å²) in [6, 6.07) is 0. The van der Waals surface area contributed by atoms with Crippen molar-refractivity contribution in [2.24, 2.45) is 23.5 Å².